The molecular weight excluding hydrogens is 130 g/mol. The zero-order valence-electron chi connectivity index (χ0n) is 5.33. The molecule has 0 saturated carbocycles. The summed E-state index contributed by atoms with van der Waals surface area (Å²) in [6.07, 6.45) is 1.85. The Bertz CT molecular complexity index is 181. The Morgan fingerprint density at radius 3 is 2.78 bits per heavy atom. The number of hydrogen-bond donors (Lipinski definition) is 1. The number of thiol groups is 1. The van der Waals surface area contributed by atoms with Gasteiger partial charge in [0.05, 0.1) is 0 Å². The van der Waals surface area contributed by atoms with E-state index in [-0.39, 0.29) is 0 Å². The van der Waals surface area contributed by atoms with Crippen molar-refractivity contribution in [3.8, 4) is 0 Å². The minimum atomic E-state index is 0.771. The lowest BCUT2D eigenvalue weighted by atomic mass is 10.3. The molecule has 0 atom stereocenters. The molecule has 0 saturated heterocycles. The number of aryl methyl sites for hydroxylation is 1. The van der Waals surface area contributed by atoms with E-state index in [1.54, 1.807) is 0 Å². The van der Waals surface area contributed by atoms with Crippen LogP contribution in [0.1, 0.15) is 11.3 Å². The number of pyridine rings is 1. The molecule has 0 radical (unpaired) electrons. The van der Waals surface area contributed by atoms with E-state index in [0.717, 1.165) is 11.4 Å². The number of aromatic nitrogens is 1. The quantitative estimate of drug-likeness (QED) is 0.585. The zero-order valence-corrected chi connectivity index (χ0v) is 6.23. The monoisotopic (exact) mass is 139 g/mol. The van der Waals surface area contributed by atoms with Gasteiger partial charge in [0.15, 0.2) is 0 Å². The second-order valence-corrected chi connectivity index (χ2v) is 2.28. The Hall–Kier alpha value is -0.500. The van der Waals surface area contributed by atoms with Crippen LogP contribution in [0, 0.1) is 6.92 Å². The largest absolute Gasteiger partial charge is 0.261 e. The average Bonchev–Trinajstić information content (AvgIpc) is 1.90. The summed E-state index contributed by atoms with van der Waals surface area (Å²) in [5, 5.41) is 0. The molecule has 1 nitrogen and oxygen atoms in total. The molecule has 1 heterocycles. The van der Waals surface area contributed by atoms with Gasteiger partial charge in [-0.1, -0.05) is 6.07 Å². The van der Waals surface area contributed by atoms with Crippen LogP contribution in [0.4, 0.5) is 0 Å². The Balaban J connectivity index is 2.88. The Kier molecular flexibility index (Phi) is 2.11. The summed E-state index contributed by atoms with van der Waals surface area (Å²) in [6, 6.07) is 4.03. The normalized spacial score (nSPS) is 9.56. The first kappa shape index (κ1) is 6.62. The summed E-state index contributed by atoms with van der Waals surface area (Å²) in [4.78, 5) is 4.10. The standard InChI is InChI=1S/C7H9NS/c1-6-2-3-7(5-9)4-8-6/h2-4,9H,5H2,1H3. The van der Waals surface area contributed by atoms with Crippen LogP contribution in [-0.2, 0) is 5.75 Å². The molecule has 0 amide bonds. The van der Waals surface area contributed by atoms with Crippen molar-refractivity contribution >= 4 is 12.6 Å². The summed E-state index contributed by atoms with van der Waals surface area (Å²) < 4.78 is 0. The molecule has 0 aliphatic heterocycles. The Morgan fingerprint density at radius 2 is 2.33 bits per heavy atom. The molecule has 1 aromatic rings. The fourth-order valence-electron chi connectivity index (χ4n) is 0.592. The maximum atomic E-state index is 4.10. The molecular formula is C7H9NS. The first-order valence-electron chi connectivity index (χ1n) is 2.85. The van der Waals surface area contributed by atoms with Crippen LogP contribution >= 0.6 is 12.6 Å². The van der Waals surface area contributed by atoms with Crippen molar-refractivity contribution in [1.29, 1.82) is 0 Å². The van der Waals surface area contributed by atoms with Crippen molar-refractivity contribution in [2.24, 2.45) is 0 Å². The van der Waals surface area contributed by atoms with E-state index in [4.69, 9.17) is 0 Å². The fraction of sp³-hybridized carbons (Fsp3) is 0.286. The zero-order chi connectivity index (χ0) is 6.69. The molecule has 0 N–H and O–H groups in total. The van der Waals surface area contributed by atoms with Gasteiger partial charge in [-0.15, -0.1) is 0 Å². The minimum absolute atomic E-state index is 0.771. The number of nitrogens with zero attached hydrogens (tertiary/aromatic N) is 1. The SMILES string of the molecule is Cc1ccc(CS)cn1. The van der Waals surface area contributed by atoms with Gasteiger partial charge in [-0.2, -0.15) is 12.6 Å². The first-order valence-corrected chi connectivity index (χ1v) is 3.48. The molecule has 0 aromatic carbocycles. The third-order valence-corrected chi connectivity index (χ3v) is 1.52. The van der Waals surface area contributed by atoms with Crippen molar-refractivity contribution < 1.29 is 0 Å². The smallest absolute Gasteiger partial charge is 0.0372 e. The second kappa shape index (κ2) is 2.87. The minimum Gasteiger partial charge on any atom is -0.261 e. The van der Waals surface area contributed by atoms with Gasteiger partial charge in [0, 0.05) is 17.6 Å². The van der Waals surface area contributed by atoms with Gasteiger partial charge in [-0.25, -0.2) is 0 Å². The van der Waals surface area contributed by atoms with Crippen LogP contribution in [0.5, 0.6) is 0 Å². The van der Waals surface area contributed by atoms with E-state index in [9.17, 15) is 0 Å². The molecule has 1 aromatic heterocycles. The van der Waals surface area contributed by atoms with Crippen molar-refractivity contribution in [3.05, 3.63) is 29.6 Å². The highest BCUT2D eigenvalue weighted by molar-refractivity contribution is 7.79. The summed E-state index contributed by atoms with van der Waals surface area (Å²) in [6.45, 7) is 1.97. The van der Waals surface area contributed by atoms with Crippen LogP contribution in [0.2, 0.25) is 0 Å². The van der Waals surface area contributed by atoms with Crippen molar-refractivity contribution in [3.63, 3.8) is 0 Å². The van der Waals surface area contributed by atoms with Gasteiger partial charge in [0.1, 0.15) is 0 Å². The molecule has 1 rings (SSSR count). The number of hydrogen-bond acceptors (Lipinski definition) is 2. The molecule has 0 spiro atoms. The van der Waals surface area contributed by atoms with Crippen LogP contribution in [-0.4, -0.2) is 4.98 Å². The highest BCUT2D eigenvalue weighted by Gasteiger charge is 1.86. The predicted molar refractivity (Wildman–Crippen MR) is 41.7 cm³/mol. The van der Waals surface area contributed by atoms with Gasteiger partial charge < -0.3 is 0 Å². The van der Waals surface area contributed by atoms with E-state index >= 15 is 0 Å². The van der Waals surface area contributed by atoms with Crippen LogP contribution in [0.15, 0.2) is 18.3 Å². The molecule has 0 unspecified atom stereocenters. The highest BCUT2D eigenvalue weighted by atomic mass is 32.1. The van der Waals surface area contributed by atoms with Gasteiger partial charge in [-0.05, 0) is 18.6 Å². The molecule has 0 aliphatic carbocycles. The average molecular weight is 139 g/mol. The van der Waals surface area contributed by atoms with Crippen LogP contribution in [0.25, 0.3) is 0 Å². The Morgan fingerprint density at radius 1 is 1.56 bits per heavy atom. The third-order valence-electron chi connectivity index (χ3n) is 1.16. The maximum absolute atomic E-state index is 4.10. The summed E-state index contributed by atoms with van der Waals surface area (Å²) in [5.41, 5.74) is 2.23. The molecule has 0 fully saturated rings. The second-order valence-electron chi connectivity index (χ2n) is 1.97. The molecule has 2 heteroatoms. The van der Waals surface area contributed by atoms with Crippen molar-refractivity contribution in [1.82, 2.24) is 4.98 Å². The van der Waals surface area contributed by atoms with Gasteiger partial charge in [0.2, 0.25) is 0 Å². The third kappa shape index (κ3) is 1.72. The van der Waals surface area contributed by atoms with E-state index in [1.165, 1.54) is 5.56 Å². The molecule has 0 bridgehead atoms. The first-order chi connectivity index (χ1) is 4.33. The van der Waals surface area contributed by atoms with E-state index in [2.05, 4.69) is 17.6 Å². The Labute approximate surface area is 60.5 Å². The summed E-state index contributed by atoms with van der Waals surface area (Å²) >= 11 is 4.10. The van der Waals surface area contributed by atoms with Crippen molar-refractivity contribution in [2.45, 2.75) is 12.7 Å². The fourth-order valence-corrected chi connectivity index (χ4v) is 0.779. The van der Waals surface area contributed by atoms with Gasteiger partial charge >= 0.3 is 0 Å². The lowest BCUT2D eigenvalue weighted by Gasteiger charge is -1.93. The summed E-state index contributed by atoms with van der Waals surface area (Å²) in [7, 11) is 0. The topological polar surface area (TPSA) is 12.9 Å². The maximum Gasteiger partial charge on any atom is 0.0372 e. The highest BCUT2D eigenvalue weighted by Crippen LogP contribution is 2.01. The van der Waals surface area contributed by atoms with Crippen LogP contribution in [0.3, 0.4) is 0 Å². The lowest BCUT2D eigenvalue weighted by Crippen LogP contribution is -1.82. The molecule has 48 valence electrons. The predicted octanol–water partition coefficient (Wildman–Crippen LogP) is 1.82. The molecule has 0 aliphatic rings. The lowest BCUT2D eigenvalue weighted by molar-refractivity contribution is 1.16. The van der Waals surface area contributed by atoms with Gasteiger partial charge in [0.25, 0.3) is 0 Å². The molecule has 9 heavy (non-hydrogen) atoms. The van der Waals surface area contributed by atoms with E-state index in [1.807, 2.05) is 25.3 Å². The van der Waals surface area contributed by atoms with Crippen LogP contribution < -0.4 is 0 Å². The van der Waals surface area contributed by atoms with Gasteiger partial charge in [-0.3, -0.25) is 4.98 Å². The summed E-state index contributed by atoms with van der Waals surface area (Å²) in [5.74, 6) is 0.771. The van der Waals surface area contributed by atoms with Crippen molar-refractivity contribution in [2.75, 3.05) is 0 Å². The van der Waals surface area contributed by atoms with E-state index < -0.39 is 0 Å². The number of rotatable bonds is 1. The van der Waals surface area contributed by atoms with E-state index in [0.29, 0.717) is 0 Å².